The van der Waals surface area contributed by atoms with Crippen molar-refractivity contribution in [2.24, 2.45) is 5.92 Å². The Morgan fingerprint density at radius 2 is 1.96 bits per heavy atom. The fraction of sp³-hybridized carbons (Fsp3) is 0.556. The van der Waals surface area contributed by atoms with Crippen LogP contribution in [0, 0.1) is 5.92 Å². The molecule has 3 aliphatic heterocycles. The minimum atomic E-state index is -0.0912. The van der Waals surface area contributed by atoms with Crippen molar-refractivity contribution in [1.82, 2.24) is 15.1 Å². The van der Waals surface area contributed by atoms with E-state index in [1.165, 1.54) is 0 Å². The van der Waals surface area contributed by atoms with E-state index < -0.39 is 0 Å². The summed E-state index contributed by atoms with van der Waals surface area (Å²) in [5.41, 5.74) is 1.12. The fourth-order valence-electron chi connectivity index (χ4n) is 3.98. The van der Waals surface area contributed by atoms with Gasteiger partial charge >= 0.3 is 6.03 Å². The van der Waals surface area contributed by atoms with Gasteiger partial charge in [-0.1, -0.05) is 18.2 Å². The van der Waals surface area contributed by atoms with Gasteiger partial charge < -0.3 is 19.9 Å². The number of ether oxygens (including phenoxy) is 1. The van der Waals surface area contributed by atoms with Crippen molar-refractivity contribution in [3.63, 3.8) is 0 Å². The minimum absolute atomic E-state index is 0.0389. The second-order valence-corrected chi connectivity index (χ2v) is 6.80. The lowest BCUT2D eigenvalue weighted by atomic mass is 9.94. The van der Waals surface area contributed by atoms with Crippen LogP contribution < -0.4 is 10.1 Å². The van der Waals surface area contributed by atoms with Gasteiger partial charge in [-0.15, -0.1) is 0 Å². The van der Waals surface area contributed by atoms with Crippen LogP contribution in [0.5, 0.6) is 5.75 Å². The quantitative estimate of drug-likeness (QED) is 0.888. The molecule has 128 valence electrons. The maximum Gasteiger partial charge on any atom is 0.317 e. The van der Waals surface area contributed by atoms with Crippen molar-refractivity contribution in [3.8, 4) is 5.75 Å². The average molecular weight is 329 g/mol. The van der Waals surface area contributed by atoms with Gasteiger partial charge in [0.2, 0.25) is 5.91 Å². The maximum atomic E-state index is 12.8. The Balaban J connectivity index is 1.34. The van der Waals surface area contributed by atoms with Crippen molar-refractivity contribution in [2.45, 2.75) is 25.3 Å². The van der Waals surface area contributed by atoms with Crippen LogP contribution in [-0.4, -0.2) is 60.6 Å². The molecule has 3 heterocycles. The van der Waals surface area contributed by atoms with Crippen molar-refractivity contribution >= 4 is 11.9 Å². The number of hydrogen-bond donors (Lipinski definition) is 1. The molecule has 0 aromatic heterocycles. The molecule has 1 N–H and O–H groups in total. The number of piperidine rings is 1. The molecule has 3 amide bonds. The first-order valence-electron chi connectivity index (χ1n) is 8.76. The van der Waals surface area contributed by atoms with Crippen LogP contribution in [-0.2, 0) is 11.2 Å². The van der Waals surface area contributed by atoms with Gasteiger partial charge in [0.15, 0.2) is 0 Å². The van der Waals surface area contributed by atoms with Crippen LogP contribution in [0.15, 0.2) is 24.3 Å². The van der Waals surface area contributed by atoms with Gasteiger partial charge in [-0.25, -0.2) is 4.79 Å². The zero-order chi connectivity index (χ0) is 16.5. The zero-order valence-corrected chi connectivity index (χ0v) is 13.7. The van der Waals surface area contributed by atoms with Crippen LogP contribution in [0.3, 0.4) is 0 Å². The lowest BCUT2D eigenvalue weighted by Crippen LogP contribution is -2.50. The number of fused-ring (bicyclic) bond motifs is 1. The van der Waals surface area contributed by atoms with Crippen molar-refractivity contribution in [1.29, 1.82) is 0 Å². The molecule has 4 rings (SSSR count). The summed E-state index contributed by atoms with van der Waals surface area (Å²) in [5.74, 6) is 1.00. The van der Waals surface area contributed by atoms with Crippen molar-refractivity contribution in [2.75, 3.05) is 32.8 Å². The van der Waals surface area contributed by atoms with E-state index in [9.17, 15) is 9.59 Å². The molecule has 0 radical (unpaired) electrons. The molecule has 2 saturated heterocycles. The molecule has 1 aromatic carbocycles. The number of para-hydroxylation sites is 1. The molecular formula is C18H23N3O3. The SMILES string of the molecule is O=C(C1COc2ccccc2C1)N1CCC(N2CCNC2=O)CC1. The number of amides is 3. The van der Waals surface area contributed by atoms with E-state index in [1.54, 1.807) is 0 Å². The molecule has 0 saturated carbocycles. The van der Waals surface area contributed by atoms with E-state index in [2.05, 4.69) is 5.32 Å². The fourth-order valence-corrected chi connectivity index (χ4v) is 3.98. The van der Waals surface area contributed by atoms with Crippen molar-refractivity contribution in [3.05, 3.63) is 29.8 Å². The third-order valence-electron chi connectivity index (χ3n) is 5.33. The maximum absolute atomic E-state index is 12.8. The number of nitrogens with zero attached hydrogens (tertiary/aromatic N) is 2. The number of nitrogens with one attached hydrogen (secondary N) is 1. The number of carbonyl (C=O) groups excluding carboxylic acids is 2. The Morgan fingerprint density at radius 3 is 2.71 bits per heavy atom. The number of likely N-dealkylation sites (tertiary alicyclic amines) is 1. The van der Waals surface area contributed by atoms with E-state index >= 15 is 0 Å². The standard InChI is InChI=1S/C18H23N3O3/c22-17(14-11-13-3-1-2-4-16(13)24-12-14)20-8-5-15(6-9-20)21-10-7-19-18(21)23/h1-4,14-15H,5-12H2,(H,19,23). The topological polar surface area (TPSA) is 61.9 Å². The Labute approximate surface area is 141 Å². The summed E-state index contributed by atoms with van der Waals surface area (Å²) in [6.07, 6.45) is 2.48. The van der Waals surface area contributed by atoms with E-state index in [0.717, 1.165) is 56.8 Å². The average Bonchev–Trinajstić information content (AvgIpc) is 3.07. The molecular weight excluding hydrogens is 306 g/mol. The molecule has 2 fully saturated rings. The summed E-state index contributed by atoms with van der Waals surface area (Å²) in [7, 11) is 0. The number of carbonyl (C=O) groups is 2. The number of benzene rings is 1. The molecule has 0 aliphatic carbocycles. The summed E-state index contributed by atoms with van der Waals surface area (Å²) < 4.78 is 5.76. The first-order valence-corrected chi connectivity index (χ1v) is 8.76. The summed E-state index contributed by atoms with van der Waals surface area (Å²) in [6, 6.07) is 8.24. The summed E-state index contributed by atoms with van der Waals surface area (Å²) >= 11 is 0. The highest BCUT2D eigenvalue weighted by molar-refractivity contribution is 5.80. The Hall–Kier alpha value is -2.24. The van der Waals surface area contributed by atoms with Gasteiger partial charge in [-0.2, -0.15) is 0 Å². The van der Waals surface area contributed by atoms with Gasteiger partial charge in [0.05, 0.1) is 5.92 Å². The van der Waals surface area contributed by atoms with Crippen LogP contribution in [0.2, 0.25) is 0 Å². The predicted molar refractivity (Wildman–Crippen MR) is 88.8 cm³/mol. The van der Waals surface area contributed by atoms with Crippen LogP contribution in [0.4, 0.5) is 4.79 Å². The van der Waals surface area contributed by atoms with E-state index in [0.29, 0.717) is 6.61 Å². The molecule has 3 aliphatic rings. The highest BCUT2D eigenvalue weighted by Gasteiger charge is 2.35. The Morgan fingerprint density at radius 1 is 1.17 bits per heavy atom. The van der Waals surface area contributed by atoms with Gasteiger partial charge in [-0.3, -0.25) is 4.79 Å². The lowest BCUT2D eigenvalue weighted by molar-refractivity contribution is -0.138. The first-order chi connectivity index (χ1) is 11.7. The van der Waals surface area contributed by atoms with Gasteiger partial charge in [-0.05, 0) is 30.9 Å². The molecule has 0 spiro atoms. The largest absolute Gasteiger partial charge is 0.492 e. The van der Waals surface area contributed by atoms with E-state index in [-0.39, 0.29) is 23.9 Å². The summed E-state index contributed by atoms with van der Waals surface area (Å²) in [4.78, 5) is 28.4. The number of urea groups is 1. The Kier molecular flexibility index (Phi) is 4.04. The van der Waals surface area contributed by atoms with Crippen LogP contribution in [0.1, 0.15) is 18.4 Å². The Bertz CT molecular complexity index is 640. The normalized spacial score (nSPS) is 24.3. The molecule has 1 atom stereocenters. The smallest absolute Gasteiger partial charge is 0.317 e. The third kappa shape index (κ3) is 2.81. The molecule has 6 heteroatoms. The highest BCUT2D eigenvalue weighted by Crippen LogP contribution is 2.28. The molecule has 1 unspecified atom stereocenters. The van der Waals surface area contributed by atoms with Gasteiger partial charge in [0.1, 0.15) is 12.4 Å². The van der Waals surface area contributed by atoms with Crippen LogP contribution in [0.25, 0.3) is 0 Å². The highest BCUT2D eigenvalue weighted by atomic mass is 16.5. The van der Waals surface area contributed by atoms with E-state index in [4.69, 9.17) is 4.74 Å². The molecule has 1 aromatic rings. The monoisotopic (exact) mass is 329 g/mol. The summed E-state index contributed by atoms with van der Waals surface area (Å²) in [5, 5.41) is 2.85. The minimum Gasteiger partial charge on any atom is -0.492 e. The second kappa shape index (κ2) is 6.34. The second-order valence-electron chi connectivity index (χ2n) is 6.80. The number of rotatable bonds is 2. The predicted octanol–water partition coefficient (Wildman–Crippen LogP) is 1.25. The van der Waals surface area contributed by atoms with Gasteiger partial charge in [0.25, 0.3) is 0 Å². The molecule has 6 nitrogen and oxygen atoms in total. The molecule has 0 bridgehead atoms. The molecule has 24 heavy (non-hydrogen) atoms. The van der Waals surface area contributed by atoms with E-state index in [1.807, 2.05) is 34.1 Å². The zero-order valence-electron chi connectivity index (χ0n) is 13.7. The van der Waals surface area contributed by atoms with Crippen LogP contribution >= 0.6 is 0 Å². The third-order valence-corrected chi connectivity index (χ3v) is 5.33. The van der Waals surface area contributed by atoms with Crippen molar-refractivity contribution < 1.29 is 14.3 Å². The van der Waals surface area contributed by atoms with Gasteiger partial charge in [0, 0.05) is 32.2 Å². The number of hydrogen-bond acceptors (Lipinski definition) is 3. The lowest BCUT2D eigenvalue weighted by Gasteiger charge is -2.38. The summed E-state index contributed by atoms with van der Waals surface area (Å²) in [6.45, 7) is 3.43. The first kappa shape index (κ1) is 15.3.